The highest BCUT2D eigenvalue weighted by atomic mass is 19.1. The van der Waals surface area contributed by atoms with Gasteiger partial charge in [0.2, 0.25) is 0 Å². The number of hydrogen-bond donors (Lipinski definition) is 2. The fraction of sp³-hybridized carbons (Fsp3) is 0.500. The van der Waals surface area contributed by atoms with Crippen LogP contribution in [-0.2, 0) is 0 Å². The van der Waals surface area contributed by atoms with Gasteiger partial charge < -0.3 is 10.4 Å². The third kappa shape index (κ3) is 2.88. The number of halogens is 1. The largest absolute Gasteiger partial charge is 0.393 e. The third-order valence-electron chi connectivity index (χ3n) is 3.59. The van der Waals surface area contributed by atoms with Crippen LogP contribution in [0.15, 0.2) is 18.2 Å². The van der Waals surface area contributed by atoms with Crippen LogP contribution < -0.4 is 5.32 Å². The highest BCUT2D eigenvalue weighted by molar-refractivity contribution is 5.95. The first-order chi connectivity index (χ1) is 8.58. The van der Waals surface area contributed by atoms with E-state index in [9.17, 15) is 14.3 Å². The number of aliphatic hydroxyl groups is 1. The molecule has 1 fully saturated rings. The standard InChI is InChI=1S/C14H18FNO2/c1-9-5-6-11(15)7-12(9)14(18)16-8-10-3-2-4-13(10)17/h5-7,10,13,17H,2-4,8H2,1H3,(H,16,18). The molecule has 1 aromatic carbocycles. The van der Waals surface area contributed by atoms with Crippen molar-refractivity contribution in [1.82, 2.24) is 5.32 Å². The number of aliphatic hydroxyl groups excluding tert-OH is 1. The topological polar surface area (TPSA) is 49.3 Å². The number of carbonyl (C=O) groups is 1. The number of amides is 1. The predicted molar refractivity (Wildman–Crippen MR) is 66.8 cm³/mol. The quantitative estimate of drug-likeness (QED) is 0.863. The Balaban J connectivity index is 1.97. The van der Waals surface area contributed by atoms with Gasteiger partial charge in [0.05, 0.1) is 6.10 Å². The van der Waals surface area contributed by atoms with Crippen LogP contribution in [0.5, 0.6) is 0 Å². The van der Waals surface area contributed by atoms with Crippen molar-refractivity contribution >= 4 is 5.91 Å². The van der Waals surface area contributed by atoms with E-state index in [1.165, 1.54) is 12.1 Å². The zero-order valence-electron chi connectivity index (χ0n) is 10.4. The number of nitrogens with one attached hydrogen (secondary N) is 1. The fourth-order valence-corrected chi connectivity index (χ4v) is 2.41. The lowest BCUT2D eigenvalue weighted by Crippen LogP contribution is -2.32. The molecular weight excluding hydrogens is 233 g/mol. The SMILES string of the molecule is Cc1ccc(F)cc1C(=O)NCC1CCCC1O. The highest BCUT2D eigenvalue weighted by Crippen LogP contribution is 2.24. The molecule has 4 heteroatoms. The summed E-state index contributed by atoms with van der Waals surface area (Å²) in [7, 11) is 0. The van der Waals surface area contributed by atoms with E-state index in [1.807, 2.05) is 0 Å². The minimum absolute atomic E-state index is 0.128. The normalized spacial score (nSPS) is 23.1. The molecule has 0 heterocycles. The molecule has 18 heavy (non-hydrogen) atoms. The number of carbonyl (C=O) groups excluding carboxylic acids is 1. The molecule has 2 unspecified atom stereocenters. The molecule has 3 nitrogen and oxygen atoms in total. The second-order valence-corrected chi connectivity index (χ2v) is 4.93. The van der Waals surface area contributed by atoms with Gasteiger partial charge in [-0.1, -0.05) is 12.5 Å². The van der Waals surface area contributed by atoms with Crippen LogP contribution in [0.2, 0.25) is 0 Å². The molecule has 1 saturated carbocycles. The maximum absolute atomic E-state index is 13.1. The number of aryl methyl sites for hydroxylation is 1. The molecule has 1 aliphatic rings. The number of hydrogen-bond acceptors (Lipinski definition) is 2. The smallest absolute Gasteiger partial charge is 0.251 e. The van der Waals surface area contributed by atoms with Crippen LogP contribution in [0.4, 0.5) is 4.39 Å². The minimum Gasteiger partial charge on any atom is -0.393 e. The lowest BCUT2D eigenvalue weighted by molar-refractivity contribution is 0.0916. The van der Waals surface area contributed by atoms with Gasteiger partial charge in [-0.2, -0.15) is 0 Å². The number of benzene rings is 1. The maximum Gasteiger partial charge on any atom is 0.251 e. The monoisotopic (exact) mass is 251 g/mol. The van der Waals surface area contributed by atoms with E-state index in [-0.39, 0.29) is 17.9 Å². The Hall–Kier alpha value is -1.42. The molecule has 1 aromatic rings. The zero-order chi connectivity index (χ0) is 13.1. The summed E-state index contributed by atoms with van der Waals surface area (Å²) in [5, 5.41) is 12.4. The Morgan fingerprint density at radius 3 is 2.94 bits per heavy atom. The Kier molecular flexibility index (Phi) is 3.97. The average molecular weight is 251 g/mol. The molecule has 0 spiro atoms. The Labute approximate surface area is 106 Å². The summed E-state index contributed by atoms with van der Waals surface area (Å²) in [5.41, 5.74) is 1.11. The summed E-state index contributed by atoms with van der Waals surface area (Å²) in [5.74, 6) is -0.555. The van der Waals surface area contributed by atoms with Crippen LogP contribution in [0.3, 0.4) is 0 Å². The average Bonchev–Trinajstić information content (AvgIpc) is 2.75. The Morgan fingerprint density at radius 2 is 2.28 bits per heavy atom. The van der Waals surface area contributed by atoms with Crippen LogP contribution in [0, 0.1) is 18.7 Å². The minimum atomic E-state index is -0.411. The third-order valence-corrected chi connectivity index (χ3v) is 3.59. The molecule has 1 aliphatic carbocycles. The van der Waals surface area contributed by atoms with Gasteiger partial charge >= 0.3 is 0 Å². The fourth-order valence-electron chi connectivity index (χ4n) is 2.41. The van der Waals surface area contributed by atoms with E-state index in [1.54, 1.807) is 13.0 Å². The molecule has 0 radical (unpaired) electrons. The van der Waals surface area contributed by atoms with E-state index >= 15 is 0 Å². The van der Waals surface area contributed by atoms with Gasteiger partial charge in [-0.05, 0) is 37.5 Å². The summed E-state index contributed by atoms with van der Waals surface area (Å²) in [6.07, 6.45) is 2.42. The van der Waals surface area contributed by atoms with Gasteiger partial charge in [0.15, 0.2) is 0 Å². The van der Waals surface area contributed by atoms with Crippen LogP contribution >= 0.6 is 0 Å². The molecule has 98 valence electrons. The summed E-state index contributed by atoms with van der Waals surface area (Å²) in [6, 6.07) is 4.18. The second-order valence-electron chi connectivity index (χ2n) is 4.93. The first-order valence-electron chi connectivity index (χ1n) is 6.30. The van der Waals surface area contributed by atoms with Crippen LogP contribution in [0.25, 0.3) is 0 Å². The summed E-state index contributed by atoms with van der Waals surface area (Å²) in [6.45, 7) is 2.23. The molecule has 1 amide bonds. The van der Waals surface area contributed by atoms with Crippen molar-refractivity contribution in [3.05, 3.63) is 35.1 Å². The van der Waals surface area contributed by atoms with Crippen LogP contribution in [-0.4, -0.2) is 23.7 Å². The predicted octanol–water partition coefficient (Wildman–Crippen LogP) is 2.02. The molecular formula is C14H18FNO2. The second kappa shape index (κ2) is 5.48. The Morgan fingerprint density at radius 1 is 1.50 bits per heavy atom. The van der Waals surface area contributed by atoms with E-state index in [2.05, 4.69) is 5.32 Å². The van der Waals surface area contributed by atoms with Gasteiger partial charge in [0.25, 0.3) is 5.91 Å². The van der Waals surface area contributed by atoms with E-state index in [4.69, 9.17) is 0 Å². The first-order valence-corrected chi connectivity index (χ1v) is 6.30. The molecule has 0 aromatic heterocycles. The molecule has 0 saturated heterocycles. The maximum atomic E-state index is 13.1. The van der Waals surface area contributed by atoms with Gasteiger partial charge in [-0.15, -0.1) is 0 Å². The molecule has 2 atom stereocenters. The van der Waals surface area contributed by atoms with Crippen LogP contribution in [0.1, 0.15) is 35.2 Å². The number of rotatable bonds is 3. The van der Waals surface area contributed by atoms with Gasteiger partial charge in [0, 0.05) is 18.0 Å². The van der Waals surface area contributed by atoms with Gasteiger partial charge in [0.1, 0.15) is 5.82 Å². The van der Waals surface area contributed by atoms with Gasteiger partial charge in [-0.25, -0.2) is 4.39 Å². The van der Waals surface area contributed by atoms with E-state index < -0.39 is 5.82 Å². The lowest BCUT2D eigenvalue weighted by atomic mass is 10.0. The molecule has 2 N–H and O–H groups in total. The summed E-state index contributed by atoms with van der Waals surface area (Å²) < 4.78 is 13.1. The molecule has 0 aliphatic heterocycles. The van der Waals surface area contributed by atoms with Crippen molar-refractivity contribution in [2.24, 2.45) is 5.92 Å². The van der Waals surface area contributed by atoms with Crippen molar-refractivity contribution in [1.29, 1.82) is 0 Å². The van der Waals surface area contributed by atoms with Crippen molar-refractivity contribution in [2.75, 3.05) is 6.54 Å². The summed E-state index contributed by atoms with van der Waals surface area (Å²) >= 11 is 0. The van der Waals surface area contributed by atoms with Crippen molar-refractivity contribution < 1.29 is 14.3 Å². The lowest BCUT2D eigenvalue weighted by Gasteiger charge is -2.15. The Bertz CT molecular complexity index is 447. The van der Waals surface area contributed by atoms with E-state index in [0.717, 1.165) is 24.8 Å². The molecule has 0 bridgehead atoms. The van der Waals surface area contributed by atoms with Crippen molar-refractivity contribution in [2.45, 2.75) is 32.3 Å². The van der Waals surface area contributed by atoms with Crippen molar-refractivity contribution in [3.8, 4) is 0 Å². The zero-order valence-corrected chi connectivity index (χ0v) is 10.4. The molecule has 2 rings (SSSR count). The van der Waals surface area contributed by atoms with E-state index in [0.29, 0.717) is 12.1 Å². The first kappa shape index (κ1) is 13.0. The summed E-state index contributed by atoms with van der Waals surface area (Å²) in [4.78, 5) is 11.9. The highest BCUT2D eigenvalue weighted by Gasteiger charge is 2.25. The van der Waals surface area contributed by atoms with Crippen molar-refractivity contribution in [3.63, 3.8) is 0 Å². The van der Waals surface area contributed by atoms with Gasteiger partial charge in [-0.3, -0.25) is 4.79 Å².